The van der Waals surface area contributed by atoms with Crippen LogP contribution in [0.3, 0.4) is 0 Å². The second kappa shape index (κ2) is 5.66. The third kappa shape index (κ3) is 2.80. The minimum atomic E-state index is -3.79. The van der Waals surface area contributed by atoms with E-state index < -0.39 is 10.0 Å². The molecule has 0 amide bonds. The monoisotopic (exact) mass is 327 g/mol. The minimum Gasteiger partial charge on any atom is -0.293 e. The first-order valence-corrected chi connectivity index (χ1v) is 8.73. The summed E-state index contributed by atoms with van der Waals surface area (Å²) in [5.74, 6) is -0.240. The number of hydrogen-bond acceptors (Lipinski definition) is 3. The van der Waals surface area contributed by atoms with E-state index in [0.717, 1.165) is 16.7 Å². The second-order valence-electron chi connectivity index (χ2n) is 5.63. The fourth-order valence-corrected chi connectivity index (χ4v) is 4.06. The molecule has 0 saturated heterocycles. The zero-order chi connectivity index (χ0) is 16.6. The molecule has 5 heteroatoms. The number of carbonyl (C=O) groups is 1. The molecule has 1 heterocycles. The van der Waals surface area contributed by atoms with E-state index in [1.165, 1.54) is 10.4 Å². The van der Waals surface area contributed by atoms with Crippen molar-refractivity contribution in [2.45, 2.75) is 18.7 Å². The highest BCUT2D eigenvalue weighted by Gasteiger charge is 2.29. The summed E-state index contributed by atoms with van der Waals surface area (Å²) in [6.45, 7) is 3.60. The Morgan fingerprint density at radius 1 is 0.957 bits per heavy atom. The van der Waals surface area contributed by atoms with Crippen LogP contribution in [-0.2, 0) is 14.8 Å². The third-order valence-corrected chi connectivity index (χ3v) is 5.69. The highest BCUT2D eigenvalue weighted by atomic mass is 32.2. The predicted octanol–water partition coefficient (Wildman–Crippen LogP) is 3.09. The number of benzene rings is 2. The predicted molar refractivity (Wildman–Crippen MR) is 90.9 cm³/mol. The van der Waals surface area contributed by atoms with Gasteiger partial charge in [0.15, 0.2) is 5.78 Å². The summed E-state index contributed by atoms with van der Waals surface area (Å²) in [5, 5.41) is 0. The number of aryl methyl sites for hydroxylation is 2. The Bertz CT molecular complexity index is 896. The van der Waals surface area contributed by atoms with Gasteiger partial charge in [0, 0.05) is 5.56 Å². The summed E-state index contributed by atoms with van der Waals surface area (Å²) in [7, 11) is -3.79. The van der Waals surface area contributed by atoms with Crippen LogP contribution in [-0.4, -0.2) is 20.7 Å². The van der Waals surface area contributed by atoms with E-state index in [4.69, 9.17) is 0 Å². The van der Waals surface area contributed by atoms with Crippen LogP contribution >= 0.6 is 0 Å². The second-order valence-corrected chi connectivity index (χ2v) is 7.49. The lowest BCUT2D eigenvalue weighted by Gasteiger charge is -2.24. The molecule has 4 nitrogen and oxygen atoms in total. The van der Waals surface area contributed by atoms with E-state index >= 15 is 0 Å². The van der Waals surface area contributed by atoms with Gasteiger partial charge in [-0.3, -0.25) is 9.10 Å². The summed E-state index contributed by atoms with van der Waals surface area (Å²) >= 11 is 0. The maximum atomic E-state index is 13.0. The summed E-state index contributed by atoms with van der Waals surface area (Å²) in [6, 6.07) is 12.1. The molecule has 0 atom stereocenters. The first-order chi connectivity index (χ1) is 10.9. The number of carbonyl (C=O) groups excluding carboxylic acids is 1. The van der Waals surface area contributed by atoms with Gasteiger partial charge in [0.05, 0.1) is 17.1 Å². The van der Waals surface area contributed by atoms with E-state index in [0.29, 0.717) is 5.69 Å². The van der Waals surface area contributed by atoms with E-state index in [-0.39, 0.29) is 17.2 Å². The van der Waals surface area contributed by atoms with Crippen LogP contribution in [0.25, 0.3) is 6.08 Å². The molecule has 0 unspecified atom stereocenters. The summed E-state index contributed by atoms with van der Waals surface area (Å²) in [5.41, 5.74) is 3.20. The Balaban J connectivity index is 2.18. The van der Waals surface area contributed by atoms with Crippen molar-refractivity contribution in [3.63, 3.8) is 0 Å². The van der Waals surface area contributed by atoms with Crippen molar-refractivity contribution in [1.29, 1.82) is 0 Å². The van der Waals surface area contributed by atoms with Gasteiger partial charge in [-0.2, -0.15) is 0 Å². The first-order valence-electron chi connectivity index (χ1n) is 7.29. The lowest BCUT2D eigenvalue weighted by atomic mass is 10.1. The van der Waals surface area contributed by atoms with Crippen LogP contribution in [0.15, 0.2) is 53.4 Å². The van der Waals surface area contributed by atoms with E-state index in [2.05, 4.69) is 0 Å². The fourth-order valence-electron chi connectivity index (χ4n) is 2.61. The van der Waals surface area contributed by atoms with Gasteiger partial charge in [-0.15, -0.1) is 0 Å². The van der Waals surface area contributed by atoms with Crippen molar-refractivity contribution < 1.29 is 13.2 Å². The van der Waals surface area contributed by atoms with E-state index in [9.17, 15) is 13.2 Å². The van der Waals surface area contributed by atoms with Gasteiger partial charge in [-0.25, -0.2) is 8.42 Å². The van der Waals surface area contributed by atoms with Gasteiger partial charge in [-0.05, 0) is 49.8 Å². The number of ketones is 1. The summed E-state index contributed by atoms with van der Waals surface area (Å²) in [4.78, 5) is 12.2. The Morgan fingerprint density at radius 3 is 2.35 bits per heavy atom. The number of anilines is 1. The molecule has 2 aromatic rings. The highest BCUT2D eigenvalue weighted by Crippen LogP contribution is 2.31. The van der Waals surface area contributed by atoms with Crippen LogP contribution in [0.5, 0.6) is 0 Å². The zero-order valence-corrected chi connectivity index (χ0v) is 13.8. The minimum absolute atomic E-state index is 0.185. The first kappa shape index (κ1) is 15.5. The molecule has 0 saturated carbocycles. The van der Waals surface area contributed by atoms with Crippen LogP contribution < -0.4 is 4.31 Å². The quantitative estimate of drug-likeness (QED) is 0.852. The molecular formula is C18H17NO3S. The Hall–Kier alpha value is -2.40. The molecule has 0 aliphatic carbocycles. The number of sulfonamides is 1. The number of rotatable bonds is 2. The third-order valence-electron chi connectivity index (χ3n) is 3.91. The van der Waals surface area contributed by atoms with Crippen molar-refractivity contribution in [3.8, 4) is 0 Å². The lowest BCUT2D eigenvalue weighted by Crippen LogP contribution is -2.35. The lowest BCUT2D eigenvalue weighted by molar-refractivity contribution is -0.113. The Labute approximate surface area is 136 Å². The van der Waals surface area contributed by atoms with E-state index in [1.54, 1.807) is 42.5 Å². The summed E-state index contributed by atoms with van der Waals surface area (Å²) in [6.07, 6.45) is 3.13. The van der Waals surface area contributed by atoms with Gasteiger partial charge in [0.25, 0.3) is 10.0 Å². The summed E-state index contributed by atoms with van der Waals surface area (Å²) < 4.78 is 27.2. The molecule has 2 aromatic carbocycles. The Morgan fingerprint density at radius 2 is 1.65 bits per heavy atom. The average Bonchev–Trinajstić information content (AvgIpc) is 2.68. The average molecular weight is 327 g/mol. The molecule has 0 spiro atoms. The normalized spacial score (nSPS) is 14.5. The molecule has 0 aromatic heterocycles. The van der Waals surface area contributed by atoms with Gasteiger partial charge in [0.2, 0.25) is 0 Å². The molecule has 0 radical (unpaired) electrons. The molecule has 23 heavy (non-hydrogen) atoms. The van der Waals surface area contributed by atoms with Crippen LogP contribution in [0.4, 0.5) is 5.69 Å². The maximum absolute atomic E-state index is 13.0. The molecule has 3 rings (SSSR count). The number of nitrogens with zero attached hydrogens (tertiary/aromatic N) is 1. The van der Waals surface area contributed by atoms with Crippen molar-refractivity contribution in [2.75, 3.05) is 10.8 Å². The van der Waals surface area contributed by atoms with Gasteiger partial charge < -0.3 is 0 Å². The van der Waals surface area contributed by atoms with E-state index in [1.807, 2.05) is 19.9 Å². The van der Waals surface area contributed by atoms with Gasteiger partial charge >= 0.3 is 0 Å². The van der Waals surface area contributed by atoms with Gasteiger partial charge in [-0.1, -0.05) is 29.8 Å². The van der Waals surface area contributed by atoms with Crippen molar-refractivity contribution in [2.24, 2.45) is 0 Å². The Kier molecular flexibility index (Phi) is 3.82. The van der Waals surface area contributed by atoms with Crippen LogP contribution in [0, 0.1) is 13.8 Å². The van der Waals surface area contributed by atoms with Gasteiger partial charge in [0.1, 0.15) is 0 Å². The van der Waals surface area contributed by atoms with Crippen molar-refractivity contribution >= 4 is 27.6 Å². The largest absolute Gasteiger partial charge is 0.293 e. The van der Waals surface area contributed by atoms with Crippen LogP contribution in [0.2, 0.25) is 0 Å². The smallest absolute Gasteiger partial charge is 0.264 e. The molecule has 1 aliphatic rings. The maximum Gasteiger partial charge on any atom is 0.264 e. The molecular weight excluding hydrogens is 310 g/mol. The molecule has 118 valence electrons. The topological polar surface area (TPSA) is 54.5 Å². The van der Waals surface area contributed by atoms with Crippen molar-refractivity contribution in [1.82, 2.24) is 0 Å². The standard InChI is InChI=1S/C18H17NO3S/c1-13-6-9-16(10-7-13)23(21,22)19-12-15(20)8-11-17-14(2)4-3-5-18(17)19/h3-11H,12H2,1-2H3. The molecule has 0 fully saturated rings. The number of hydrogen-bond donors (Lipinski definition) is 0. The fraction of sp³-hybridized carbons (Fsp3) is 0.167. The molecule has 0 N–H and O–H groups in total. The zero-order valence-electron chi connectivity index (χ0n) is 13.0. The molecule has 0 bridgehead atoms. The highest BCUT2D eigenvalue weighted by molar-refractivity contribution is 7.92. The van der Waals surface area contributed by atoms with Crippen LogP contribution in [0.1, 0.15) is 16.7 Å². The number of fused-ring (bicyclic) bond motifs is 1. The SMILES string of the molecule is Cc1ccc(S(=O)(=O)N2CC(=O)C=Cc3c(C)cccc32)cc1. The molecule has 1 aliphatic heterocycles. The van der Waals surface area contributed by atoms with Crippen molar-refractivity contribution in [3.05, 3.63) is 65.2 Å².